The molecular weight excluding hydrogens is 117 g/mol. The summed E-state index contributed by atoms with van der Waals surface area (Å²) in [5.41, 5.74) is 0. The van der Waals surface area contributed by atoms with Gasteiger partial charge in [0.25, 0.3) is 0 Å². The molecule has 0 aliphatic rings. The fourth-order valence-corrected chi connectivity index (χ4v) is 0.460. The molecule has 1 N–H and O–H groups in total. The van der Waals surface area contributed by atoms with Crippen LogP contribution in [0.25, 0.3) is 0 Å². The van der Waals surface area contributed by atoms with E-state index < -0.39 is 0 Å². The summed E-state index contributed by atoms with van der Waals surface area (Å²) in [6, 6.07) is 3.72. The van der Waals surface area contributed by atoms with Crippen molar-refractivity contribution in [2.75, 3.05) is 0 Å². The first-order valence-corrected chi connectivity index (χ1v) is 2.11. The SMILES string of the molecule is [Na+].[S-]c1ccc[nH]1. The van der Waals surface area contributed by atoms with Crippen LogP contribution in [0, 0.1) is 0 Å². The van der Waals surface area contributed by atoms with Gasteiger partial charge in [-0.2, -0.15) is 0 Å². The van der Waals surface area contributed by atoms with Gasteiger partial charge in [0.1, 0.15) is 0 Å². The van der Waals surface area contributed by atoms with Gasteiger partial charge in [-0.1, -0.05) is 6.07 Å². The molecule has 0 saturated carbocycles. The number of aromatic amines is 1. The van der Waals surface area contributed by atoms with Crippen molar-refractivity contribution in [1.29, 1.82) is 0 Å². The van der Waals surface area contributed by atoms with Crippen molar-refractivity contribution >= 4 is 12.6 Å². The molecule has 32 valence electrons. The molecule has 0 aliphatic heterocycles. The number of nitrogens with one attached hydrogen (secondary N) is 1. The van der Waals surface area contributed by atoms with Gasteiger partial charge in [0.2, 0.25) is 0 Å². The fourth-order valence-electron chi connectivity index (χ4n) is 0.314. The molecule has 0 bridgehead atoms. The average Bonchev–Trinajstić information content (AvgIpc) is 1.86. The molecule has 1 aromatic rings. The van der Waals surface area contributed by atoms with Crippen LogP contribution in [0.3, 0.4) is 0 Å². The van der Waals surface area contributed by atoms with Crippen LogP contribution in [0.15, 0.2) is 23.4 Å². The molecule has 0 unspecified atom stereocenters. The minimum atomic E-state index is 0. The van der Waals surface area contributed by atoms with Gasteiger partial charge in [-0.15, -0.1) is 5.03 Å². The van der Waals surface area contributed by atoms with Crippen molar-refractivity contribution in [3.8, 4) is 0 Å². The fraction of sp³-hybridized carbons (Fsp3) is 0. The number of H-pyrrole nitrogens is 1. The largest absolute Gasteiger partial charge is 1.00 e. The third-order valence-corrected chi connectivity index (χ3v) is 0.823. The molecular formula is C4H4NNaS. The van der Waals surface area contributed by atoms with Gasteiger partial charge in [0.05, 0.1) is 0 Å². The summed E-state index contributed by atoms with van der Waals surface area (Å²) in [4.78, 5) is 2.81. The maximum Gasteiger partial charge on any atom is 1.00 e. The van der Waals surface area contributed by atoms with Crippen LogP contribution in [0.1, 0.15) is 0 Å². The molecule has 1 nitrogen and oxygen atoms in total. The Kier molecular flexibility index (Phi) is 3.75. The van der Waals surface area contributed by atoms with Crippen LogP contribution in [-0.2, 0) is 12.6 Å². The minimum Gasteiger partial charge on any atom is -0.762 e. The Morgan fingerprint density at radius 1 is 1.57 bits per heavy atom. The molecule has 0 fully saturated rings. The summed E-state index contributed by atoms with van der Waals surface area (Å²) in [5, 5.41) is 0.801. The summed E-state index contributed by atoms with van der Waals surface area (Å²) < 4.78 is 0. The smallest absolute Gasteiger partial charge is 0.762 e. The zero-order chi connectivity index (χ0) is 4.41. The molecule has 1 rings (SSSR count). The predicted molar refractivity (Wildman–Crippen MR) is 26.4 cm³/mol. The third kappa shape index (κ3) is 2.34. The molecule has 0 amide bonds. The Morgan fingerprint density at radius 3 is 2.43 bits per heavy atom. The maximum atomic E-state index is 4.69. The van der Waals surface area contributed by atoms with Crippen molar-refractivity contribution in [3.63, 3.8) is 0 Å². The van der Waals surface area contributed by atoms with E-state index in [2.05, 4.69) is 17.6 Å². The first-order valence-electron chi connectivity index (χ1n) is 1.70. The summed E-state index contributed by atoms with van der Waals surface area (Å²) in [6.07, 6.45) is 1.81. The Labute approximate surface area is 70.2 Å². The van der Waals surface area contributed by atoms with E-state index in [0.717, 1.165) is 5.03 Å². The Balaban J connectivity index is 0.000000360. The monoisotopic (exact) mass is 121 g/mol. The molecule has 3 heteroatoms. The molecule has 0 radical (unpaired) electrons. The molecule has 0 saturated heterocycles. The van der Waals surface area contributed by atoms with E-state index in [1.165, 1.54) is 0 Å². The summed E-state index contributed by atoms with van der Waals surface area (Å²) in [6.45, 7) is 0. The molecule has 7 heavy (non-hydrogen) atoms. The van der Waals surface area contributed by atoms with Gasteiger partial charge in [0, 0.05) is 0 Å². The van der Waals surface area contributed by atoms with Crippen molar-refractivity contribution in [2.45, 2.75) is 5.03 Å². The van der Waals surface area contributed by atoms with Gasteiger partial charge in [-0.05, 0) is 12.3 Å². The number of hydrogen-bond donors (Lipinski definition) is 1. The molecule has 0 aromatic carbocycles. The van der Waals surface area contributed by atoms with Gasteiger partial charge in [-0.25, -0.2) is 0 Å². The standard InChI is InChI=1S/C4H5NS.Na/c6-4-2-1-3-5-4;/h1-3,5-6H;/q;+1/p-1. The second-order valence-corrected chi connectivity index (χ2v) is 1.47. The van der Waals surface area contributed by atoms with Crippen LogP contribution >= 0.6 is 0 Å². The van der Waals surface area contributed by atoms with E-state index in [1.807, 2.05) is 18.3 Å². The normalized spacial score (nSPS) is 7.43. The van der Waals surface area contributed by atoms with Crippen LogP contribution in [0.5, 0.6) is 0 Å². The van der Waals surface area contributed by atoms with Crippen molar-refractivity contribution in [1.82, 2.24) is 4.98 Å². The van der Waals surface area contributed by atoms with Crippen LogP contribution < -0.4 is 29.6 Å². The van der Waals surface area contributed by atoms with Crippen molar-refractivity contribution in [3.05, 3.63) is 18.3 Å². The van der Waals surface area contributed by atoms with Gasteiger partial charge in [0.15, 0.2) is 0 Å². The van der Waals surface area contributed by atoms with Crippen molar-refractivity contribution in [2.24, 2.45) is 0 Å². The minimum absolute atomic E-state index is 0. The Bertz CT molecular complexity index is 115. The van der Waals surface area contributed by atoms with Crippen LogP contribution in [-0.4, -0.2) is 4.98 Å². The third-order valence-electron chi connectivity index (χ3n) is 0.569. The average molecular weight is 121 g/mol. The van der Waals surface area contributed by atoms with E-state index in [9.17, 15) is 0 Å². The van der Waals surface area contributed by atoms with E-state index in [4.69, 9.17) is 0 Å². The molecule has 0 spiro atoms. The topological polar surface area (TPSA) is 15.8 Å². The first-order chi connectivity index (χ1) is 2.89. The Hall–Kier alpha value is 0.500. The number of hydrogen-bond acceptors (Lipinski definition) is 1. The van der Waals surface area contributed by atoms with E-state index in [0.29, 0.717) is 0 Å². The van der Waals surface area contributed by atoms with Crippen LogP contribution in [0.4, 0.5) is 0 Å². The van der Waals surface area contributed by atoms with Gasteiger partial charge in [-0.3, -0.25) is 0 Å². The van der Waals surface area contributed by atoms with E-state index in [-0.39, 0.29) is 29.6 Å². The second-order valence-electron chi connectivity index (χ2n) is 1.03. The van der Waals surface area contributed by atoms with Gasteiger partial charge < -0.3 is 17.6 Å². The number of aromatic nitrogens is 1. The Morgan fingerprint density at radius 2 is 2.29 bits per heavy atom. The second kappa shape index (κ2) is 3.50. The quantitative estimate of drug-likeness (QED) is 0.308. The zero-order valence-corrected chi connectivity index (χ0v) is 6.96. The number of rotatable bonds is 0. The molecule has 0 atom stereocenters. The summed E-state index contributed by atoms with van der Waals surface area (Å²) >= 11 is 4.69. The molecule has 0 aliphatic carbocycles. The molecule has 1 heterocycles. The van der Waals surface area contributed by atoms with Crippen LogP contribution in [0.2, 0.25) is 0 Å². The van der Waals surface area contributed by atoms with E-state index >= 15 is 0 Å². The first kappa shape index (κ1) is 7.50. The van der Waals surface area contributed by atoms with Crippen molar-refractivity contribution < 1.29 is 29.6 Å². The predicted octanol–water partition coefficient (Wildman–Crippen LogP) is -2.08. The maximum absolute atomic E-state index is 4.69. The molecule has 1 aromatic heterocycles. The summed E-state index contributed by atoms with van der Waals surface area (Å²) in [5.74, 6) is 0. The summed E-state index contributed by atoms with van der Waals surface area (Å²) in [7, 11) is 0. The van der Waals surface area contributed by atoms with E-state index in [1.54, 1.807) is 0 Å². The van der Waals surface area contributed by atoms with Gasteiger partial charge >= 0.3 is 29.6 Å². The zero-order valence-electron chi connectivity index (χ0n) is 4.14.